The molecule has 4 unspecified atom stereocenters. The first-order valence-corrected chi connectivity index (χ1v) is 10.7. The van der Waals surface area contributed by atoms with E-state index >= 15 is 0 Å². The maximum atomic E-state index is 13.0. The van der Waals surface area contributed by atoms with Gasteiger partial charge in [0.25, 0.3) is 0 Å². The molecular formula is C22H32N4O6. The van der Waals surface area contributed by atoms with Crippen LogP contribution in [0.2, 0.25) is 0 Å². The molecule has 0 aromatic heterocycles. The monoisotopic (exact) mass is 448 g/mol. The lowest BCUT2D eigenvalue weighted by atomic mass is 10.00. The average molecular weight is 449 g/mol. The van der Waals surface area contributed by atoms with Gasteiger partial charge in [0, 0.05) is 6.42 Å². The van der Waals surface area contributed by atoms with Crippen LogP contribution in [0.3, 0.4) is 0 Å². The summed E-state index contributed by atoms with van der Waals surface area (Å²) in [6.07, 6.45) is 1.68. The maximum Gasteiger partial charge on any atom is 0.328 e. The van der Waals surface area contributed by atoms with Crippen molar-refractivity contribution < 1.29 is 29.4 Å². The summed E-state index contributed by atoms with van der Waals surface area (Å²) in [7, 11) is 0. The Morgan fingerprint density at radius 3 is 2.22 bits per heavy atom. The van der Waals surface area contributed by atoms with Gasteiger partial charge in [0.1, 0.15) is 18.1 Å². The first-order valence-electron chi connectivity index (χ1n) is 10.7. The summed E-state index contributed by atoms with van der Waals surface area (Å²) in [6, 6.07) is 5.12. The molecule has 0 spiro atoms. The van der Waals surface area contributed by atoms with Crippen molar-refractivity contribution in [2.24, 2.45) is 5.92 Å². The van der Waals surface area contributed by atoms with Gasteiger partial charge in [-0.05, 0) is 30.9 Å². The van der Waals surface area contributed by atoms with Gasteiger partial charge in [-0.2, -0.15) is 0 Å². The molecule has 0 saturated carbocycles. The molecule has 1 fully saturated rings. The Labute approximate surface area is 187 Å². The third kappa shape index (κ3) is 7.31. The molecule has 32 heavy (non-hydrogen) atoms. The van der Waals surface area contributed by atoms with Crippen LogP contribution in [0.25, 0.3) is 0 Å². The second-order valence-corrected chi connectivity index (χ2v) is 8.21. The van der Waals surface area contributed by atoms with E-state index in [2.05, 4.69) is 21.3 Å². The number of aliphatic hydroxyl groups excluding tert-OH is 1. The minimum atomic E-state index is -1.49. The number of benzene rings is 1. The van der Waals surface area contributed by atoms with Gasteiger partial charge in [-0.25, -0.2) is 4.79 Å². The van der Waals surface area contributed by atoms with E-state index in [1.165, 1.54) is 0 Å². The van der Waals surface area contributed by atoms with Gasteiger partial charge in [0.15, 0.2) is 0 Å². The van der Waals surface area contributed by atoms with Crippen LogP contribution >= 0.6 is 0 Å². The Bertz CT molecular complexity index is 795. The molecule has 1 saturated heterocycles. The van der Waals surface area contributed by atoms with Crippen LogP contribution in [0.5, 0.6) is 0 Å². The number of carboxylic acids is 1. The van der Waals surface area contributed by atoms with Gasteiger partial charge in [-0.1, -0.05) is 44.2 Å². The molecule has 0 bridgehead atoms. The van der Waals surface area contributed by atoms with Gasteiger partial charge in [0.2, 0.25) is 17.7 Å². The van der Waals surface area contributed by atoms with Crippen molar-refractivity contribution in [3.8, 4) is 0 Å². The Hall–Kier alpha value is -2.98. The van der Waals surface area contributed by atoms with Crippen molar-refractivity contribution in [3.05, 3.63) is 35.9 Å². The molecule has 2 rings (SSSR count). The molecule has 1 aromatic carbocycles. The number of amides is 3. The van der Waals surface area contributed by atoms with E-state index in [-0.39, 0.29) is 24.3 Å². The van der Waals surface area contributed by atoms with E-state index in [9.17, 15) is 24.3 Å². The zero-order valence-corrected chi connectivity index (χ0v) is 18.3. The van der Waals surface area contributed by atoms with Gasteiger partial charge in [-0.3, -0.25) is 14.4 Å². The summed E-state index contributed by atoms with van der Waals surface area (Å²) in [5.74, 6) is -3.19. The normalized spacial score (nSPS) is 18.4. The van der Waals surface area contributed by atoms with Crippen LogP contribution in [0.4, 0.5) is 0 Å². The Morgan fingerprint density at radius 2 is 1.69 bits per heavy atom. The summed E-state index contributed by atoms with van der Waals surface area (Å²) in [4.78, 5) is 49.5. The molecule has 4 atom stereocenters. The quantitative estimate of drug-likeness (QED) is 0.258. The molecule has 1 aliphatic heterocycles. The number of carboxylic acid groups (broad SMARTS) is 1. The van der Waals surface area contributed by atoms with E-state index in [0.29, 0.717) is 6.42 Å². The zero-order chi connectivity index (χ0) is 23.7. The minimum absolute atomic E-state index is 0.110. The molecule has 176 valence electrons. The van der Waals surface area contributed by atoms with E-state index in [1.54, 1.807) is 38.1 Å². The average Bonchev–Trinajstić information content (AvgIpc) is 3.30. The summed E-state index contributed by atoms with van der Waals surface area (Å²) in [5, 5.41) is 29.1. The van der Waals surface area contributed by atoms with E-state index in [0.717, 1.165) is 18.5 Å². The van der Waals surface area contributed by atoms with Crippen molar-refractivity contribution in [2.75, 3.05) is 13.2 Å². The SMILES string of the molecule is CC(C)C(NC(=O)C1CCCN1)C(=O)NC(Cc1ccccc1)C(=O)NC(CO)C(=O)O. The van der Waals surface area contributed by atoms with Crippen molar-refractivity contribution in [2.45, 2.75) is 57.3 Å². The van der Waals surface area contributed by atoms with Crippen LogP contribution in [0, 0.1) is 5.92 Å². The highest BCUT2D eigenvalue weighted by atomic mass is 16.4. The lowest BCUT2D eigenvalue weighted by molar-refractivity contribution is -0.143. The summed E-state index contributed by atoms with van der Waals surface area (Å²) >= 11 is 0. The molecule has 0 aliphatic carbocycles. The molecular weight excluding hydrogens is 416 g/mol. The second kappa shape index (κ2) is 12.2. The predicted octanol–water partition coefficient (Wildman–Crippen LogP) is -0.832. The van der Waals surface area contributed by atoms with Crippen LogP contribution in [-0.2, 0) is 25.6 Å². The fraction of sp³-hybridized carbons (Fsp3) is 0.545. The zero-order valence-electron chi connectivity index (χ0n) is 18.3. The number of rotatable bonds is 11. The topological polar surface area (TPSA) is 157 Å². The number of hydrogen-bond acceptors (Lipinski definition) is 6. The first kappa shape index (κ1) is 25.3. The molecule has 1 aromatic rings. The van der Waals surface area contributed by atoms with Crippen LogP contribution < -0.4 is 21.3 Å². The van der Waals surface area contributed by atoms with Crippen molar-refractivity contribution >= 4 is 23.7 Å². The maximum absolute atomic E-state index is 13.0. The van der Waals surface area contributed by atoms with Crippen molar-refractivity contribution in [3.63, 3.8) is 0 Å². The largest absolute Gasteiger partial charge is 0.480 e. The highest BCUT2D eigenvalue weighted by Crippen LogP contribution is 2.10. The third-order valence-corrected chi connectivity index (χ3v) is 5.34. The first-order chi connectivity index (χ1) is 15.2. The molecule has 6 N–H and O–H groups in total. The number of carbonyl (C=O) groups excluding carboxylic acids is 3. The second-order valence-electron chi connectivity index (χ2n) is 8.21. The molecule has 10 nitrogen and oxygen atoms in total. The Balaban J connectivity index is 2.15. The van der Waals surface area contributed by atoms with Crippen molar-refractivity contribution in [1.29, 1.82) is 0 Å². The smallest absolute Gasteiger partial charge is 0.328 e. The number of carbonyl (C=O) groups is 4. The van der Waals surface area contributed by atoms with Gasteiger partial charge >= 0.3 is 5.97 Å². The van der Waals surface area contributed by atoms with Gasteiger partial charge < -0.3 is 31.5 Å². The molecule has 1 heterocycles. The Morgan fingerprint density at radius 1 is 1.03 bits per heavy atom. The van der Waals surface area contributed by atoms with E-state index < -0.39 is 42.5 Å². The van der Waals surface area contributed by atoms with Gasteiger partial charge in [-0.15, -0.1) is 0 Å². The number of nitrogens with one attached hydrogen (secondary N) is 4. The molecule has 3 amide bonds. The van der Waals surface area contributed by atoms with Crippen LogP contribution in [0.1, 0.15) is 32.3 Å². The highest BCUT2D eigenvalue weighted by molar-refractivity contribution is 5.94. The van der Waals surface area contributed by atoms with E-state index in [1.807, 2.05) is 6.07 Å². The number of aliphatic carboxylic acids is 1. The van der Waals surface area contributed by atoms with Crippen LogP contribution in [-0.4, -0.2) is 71.2 Å². The summed E-state index contributed by atoms with van der Waals surface area (Å²) in [6.45, 7) is 3.52. The Kier molecular flexibility index (Phi) is 9.61. The third-order valence-electron chi connectivity index (χ3n) is 5.34. The summed E-state index contributed by atoms with van der Waals surface area (Å²) < 4.78 is 0. The number of hydrogen-bond donors (Lipinski definition) is 6. The van der Waals surface area contributed by atoms with Crippen molar-refractivity contribution in [1.82, 2.24) is 21.3 Å². The number of aliphatic hydroxyl groups is 1. The lowest BCUT2D eigenvalue weighted by Gasteiger charge is -2.27. The lowest BCUT2D eigenvalue weighted by Crippen LogP contribution is -2.59. The standard InChI is InChI=1S/C22H32N4O6/c1-13(2)18(26-19(28)15-9-6-10-23-15)21(30)24-16(11-14-7-4-3-5-8-14)20(29)25-17(12-27)22(31)32/h3-5,7-8,13,15-18,23,27H,6,9-12H2,1-2H3,(H,24,30)(H,25,29)(H,26,28)(H,31,32). The van der Waals surface area contributed by atoms with Crippen LogP contribution in [0.15, 0.2) is 30.3 Å². The highest BCUT2D eigenvalue weighted by Gasteiger charge is 2.32. The minimum Gasteiger partial charge on any atom is -0.480 e. The van der Waals surface area contributed by atoms with Gasteiger partial charge in [0.05, 0.1) is 12.6 Å². The molecule has 10 heteroatoms. The molecule has 1 aliphatic rings. The predicted molar refractivity (Wildman–Crippen MR) is 117 cm³/mol. The van der Waals surface area contributed by atoms with E-state index in [4.69, 9.17) is 5.11 Å². The fourth-order valence-electron chi connectivity index (χ4n) is 3.48. The summed E-state index contributed by atoms with van der Waals surface area (Å²) in [5.41, 5.74) is 0.754. The molecule has 0 radical (unpaired) electrons. The fourth-order valence-corrected chi connectivity index (χ4v) is 3.48.